The van der Waals surface area contributed by atoms with Gasteiger partial charge in [0.1, 0.15) is 5.82 Å². The predicted molar refractivity (Wildman–Crippen MR) is 80.2 cm³/mol. The minimum atomic E-state index is -0.209. The molecule has 1 heterocycles. The first kappa shape index (κ1) is 13.5. The number of amides is 1. The second-order valence-corrected chi connectivity index (χ2v) is 5.26. The smallest absolute Gasteiger partial charge is 0.257 e. The van der Waals surface area contributed by atoms with Crippen molar-refractivity contribution in [3.8, 4) is 0 Å². The number of hydrogen-bond acceptors (Lipinski definition) is 3. The fraction of sp³-hybridized carbons (Fsp3) is 0.143. The van der Waals surface area contributed by atoms with E-state index in [1.807, 2.05) is 26.0 Å². The van der Waals surface area contributed by atoms with Crippen molar-refractivity contribution in [1.82, 2.24) is 4.98 Å². The standard InChI is InChI=1S/C14H14BrN3O/c1-8-5-9(2)12(16)6-11(8)14(19)18-13-4-3-10(15)7-17-13/h3-7H,16H2,1-2H3,(H,17,18,19). The number of anilines is 2. The second kappa shape index (κ2) is 5.40. The third kappa shape index (κ3) is 3.12. The number of nitrogen functional groups attached to an aromatic ring is 1. The van der Waals surface area contributed by atoms with Gasteiger partial charge in [0.2, 0.25) is 0 Å². The highest BCUT2D eigenvalue weighted by molar-refractivity contribution is 9.10. The van der Waals surface area contributed by atoms with Crippen molar-refractivity contribution in [2.75, 3.05) is 11.1 Å². The van der Waals surface area contributed by atoms with Gasteiger partial charge in [0.05, 0.1) is 0 Å². The van der Waals surface area contributed by atoms with Gasteiger partial charge in [-0.3, -0.25) is 4.79 Å². The van der Waals surface area contributed by atoms with Crippen LogP contribution in [0.5, 0.6) is 0 Å². The minimum absolute atomic E-state index is 0.209. The lowest BCUT2D eigenvalue weighted by Gasteiger charge is -2.10. The van der Waals surface area contributed by atoms with Crippen LogP contribution < -0.4 is 11.1 Å². The second-order valence-electron chi connectivity index (χ2n) is 4.34. The molecule has 1 aromatic carbocycles. The van der Waals surface area contributed by atoms with Crippen LogP contribution in [0, 0.1) is 13.8 Å². The summed E-state index contributed by atoms with van der Waals surface area (Å²) < 4.78 is 0.862. The number of benzene rings is 1. The Bertz CT molecular complexity index is 623. The normalized spacial score (nSPS) is 10.3. The highest BCUT2D eigenvalue weighted by atomic mass is 79.9. The van der Waals surface area contributed by atoms with Crippen molar-refractivity contribution in [3.05, 3.63) is 51.6 Å². The number of pyridine rings is 1. The zero-order chi connectivity index (χ0) is 14.0. The summed E-state index contributed by atoms with van der Waals surface area (Å²) in [6, 6.07) is 7.14. The molecule has 1 aromatic heterocycles. The topological polar surface area (TPSA) is 68.0 Å². The van der Waals surface area contributed by atoms with E-state index in [0.717, 1.165) is 15.6 Å². The van der Waals surface area contributed by atoms with E-state index < -0.39 is 0 Å². The lowest BCUT2D eigenvalue weighted by Crippen LogP contribution is -2.15. The van der Waals surface area contributed by atoms with Gasteiger partial charge in [-0.25, -0.2) is 4.98 Å². The van der Waals surface area contributed by atoms with Crippen LogP contribution in [0.4, 0.5) is 11.5 Å². The summed E-state index contributed by atoms with van der Waals surface area (Å²) in [5, 5.41) is 2.75. The summed E-state index contributed by atoms with van der Waals surface area (Å²) in [5.41, 5.74) is 8.87. The van der Waals surface area contributed by atoms with Crippen LogP contribution in [0.15, 0.2) is 34.9 Å². The van der Waals surface area contributed by atoms with Crippen LogP contribution in [-0.2, 0) is 0 Å². The Morgan fingerprint density at radius 2 is 2.00 bits per heavy atom. The number of carbonyl (C=O) groups excluding carboxylic acids is 1. The maximum Gasteiger partial charge on any atom is 0.257 e. The lowest BCUT2D eigenvalue weighted by molar-refractivity contribution is 0.102. The zero-order valence-corrected chi connectivity index (χ0v) is 12.3. The number of aryl methyl sites for hydroxylation is 2. The number of aromatic nitrogens is 1. The molecule has 0 bridgehead atoms. The molecule has 0 unspecified atom stereocenters. The van der Waals surface area contributed by atoms with Crippen molar-refractivity contribution in [2.45, 2.75) is 13.8 Å². The Morgan fingerprint density at radius 3 is 2.63 bits per heavy atom. The number of nitrogens with one attached hydrogen (secondary N) is 1. The molecular weight excluding hydrogens is 306 g/mol. The van der Waals surface area contributed by atoms with E-state index in [1.165, 1.54) is 0 Å². The Labute approximate surface area is 120 Å². The molecule has 0 saturated carbocycles. The summed E-state index contributed by atoms with van der Waals surface area (Å²) in [7, 11) is 0. The van der Waals surface area contributed by atoms with E-state index in [0.29, 0.717) is 17.1 Å². The van der Waals surface area contributed by atoms with Crippen LogP contribution in [0.2, 0.25) is 0 Å². The molecule has 0 radical (unpaired) electrons. The van der Waals surface area contributed by atoms with Crippen molar-refractivity contribution in [1.29, 1.82) is 0 Å². The number of carbonyl (C=O) groups is 1. The molecule has 4 nitrogen and oxygen atoms in total. The molecule has 0 atom stereocenters. The molecule has 0 aliphatic heterocycles. The molecule has 0 fully saturated rings. The zero-order valence-electron chi connectivity index (χ0n) is 10.7. The van der Waals surface area contributed by atoms with Crippen molar-refractivity contribution in [2.24, 2.45) is 0 Å². The molecule has 3 N–H and O–H groups in total. The van der Waals surface area contributed by atoms with Gasteiger partial charge >= 0.3 is 0 Å². The van der Waals surface area contributed by atoms with Crippen LogP contribution in [-0.4, -0.2) is 10.9 Å². The first-order valence-corrected chi connectivity index (χ1v) is 6.56. The number of nitrogens with two attached hydrogens (primary N) is 1. The highest BCUT2D eigenvalue weighted by Crippen LogP contribution is 2.19. The van der Waals surface area contributed by atoms with Gasteiger partial charge in [0, 0.05) is 21.9 Å². The average molecular weight is 320 g/mol. The van der Waals surface area contributed by atoms with Crippen molar-refractivity contribution < 1.29 is 4.79 Å². The predicted octanol–water partition coefficient (Wildman–Crippen LogP) is 3.30. The molecule has 98 valence electrons. The first-order valence-electron chi connectivity index (χ1n) is 5.77. The van der Waals surface area contributed by atoms with Gasteiger partial charge in [0.25, 0.3) is 5.91 Å². The largest absolute Gasteiger partial charge is 0.398 e. The van der Waals surface area contributed by atoms with Gasteiger partial charge in [-0.2, -0.15) is 0 Å². The molecular formula is C14H14BrN3O. The Kier molecular flexibility index (Phi) is 3.85. The van der Waals surface area contributed by atoms with Gasteiger partial charge in [-0.05, 0) is 59.1 Å². The fourth-order valence-electron chi connectivity index (χ4n) is 1.75. The molecule has 0 saturated heterocycles. The molecule has 0 aliphatic rings. The van der Waals surface area contributed by atoms with Crippen LogP contribution in [0.3, 0.4) is 0 Å². The SMILES string of the molecule is Cc1cc(C)c(C(=O)Nc2ccc(Br)cn2)cc1N. The van der Waals surface area contributed by atoms with E-state index in [9.17, 15) is 4.79 Å². The summed E-state index contributed by atoms with van der Waals surface area (Å²) in [5.74, 6) is 0.297. The van der Waals surface area contributed by atoms with E-state index in [4.69, 9.17) is 5.73 Å². The summed E-state index contributed by atoms with van der Waals surface area (Å²) >= 11 is 3.29. The summed E-state index contributed by atoms with van der Waals surface area (Å²) in [4.78, 5) is 16.3. The highest BCUT2D eigenvalue weighted by Gasteiger charge is 2.11. The molecule has 2 aromatic rings. The molecule has 0 aliphatic carbocycles. The van der Waals surface area contributed by atoms with Gasteiger partial charge in [0.15, 0.2) is 0 Å². The van der Waals surface area contributed by atoms with Crippen molar-refractivity contribution in [3.63, 3.8) is 0 Å². The minimum Gasteiger partial charge on any atom is -0.398 e. The Morgan fingerprint density at radius 1 is 1.26 bits per heavy atom. The molecule has 19 heavy (non-hydrogen) atoms. The average Bonchev–Trinajstić information content (AvgIpc) is 2.36. The molecule has 2 rings (SSSR count). The third-order valence-corrected chi connectivity index (χ3v) is 3.30. The maximum atomic E-state index is 12.2. The van der Waals surface area contributed by atoms with Crippen LogP contribution >= 0.6 is 15.9 Å². The summed E-state index contributed by atoms with van der Waals surface area (Å²) in [6.45, 7) is 3.80. The van der Waals surface area contributed by atoms with E-state index in [2.05, 4.69) is 26.2 Å². The van der Waals surface area contributed by atoms with Crippen molar-refractivity contribution >= 4 is 33.3 Å². The summed E-state index contributed by atoms with van der Waals surface area (Å²) in [6.07, 6.45) is 1.63. The number of nitrogens with zero attached hydrogens (tertiary/aromatic N) is 1. The number of hydrogen-bond donors (Lipinski definition) is 2. The maximum absolute atomic E-state index is 12.2. The monoisotopic (exact) mass is 319 g/mol. The number of rotatable bonds is 2. The van der Waals surface area contributed by atoms with Crippen LogP contribution in [0.25, 0.3) is 0 Å². The molecule has 1 amide bonds. The van der Waals surface area contributed by atoms with Gasteiger partial charge in [-0.1, -0.05) is 6.07 Å². The number of halogens is 1. The fourth-order valence-corrected chi connectivity index (χ4v) is 1.98. The van der Waals surface area contributed by atoms with Crippen LogP contribution in [0.1, 0.15) is 21.5 Å². The molecule has 5 heteroatoms. The van der Waals surface area contributed by atoms with Gasteiger partial charge in [-0.15, -0.1) is 0 Å². The Hall–Kier alpha value is -1.88. The lowest BCUT2D eigenvalue weighted by atomic mass is 10.0. The molecule has 0 spiro atoms. The quantitative estimate of drug-likeness (QED) is 0.834. The van der Waals surface area contributed by atoms with Gasteiger partial charge < -0.3 is 11.1 Å². The van der Waals surface area contributed by atoms with E-state index in [-0.39, 0.29) is 5.91 Å². The van der Waals surface area contributed by atoms with E-state index in [1.54, 1.807) is 18.3 Å². The Balaban J connectivity index is 2.25. The van der Waals surface area contributed by atoms with E-state index >= 15 is 0 Å². The first-order chi connectivity index (χ1) is 8.97. The third-order valence-electron chi connectivity index (χ3n) is 2.83.